The van der Waals surface area contributed by atoms with Crippen molar-refractivity contribution in [2.24, 2.45) is 0 Å². The molecule has 1 N–H and O–H groups in total. The number of carbonyl (C=O) groups is 1. The third kappa shape index (κ3) is 4.55. The Morgan fingerprint density at radius 1 is 1.31 bits per heavy atom. The van der Waals surface area contributed by atoms with Crippen LogP contribution in [-0.2, 0) is 11.3 Å². The van der Waals surface area contributed by atoms with Crippen molar-refractivity contribution in [2.75, 3.05) is 0 Å². The van der Waals surface area contributed by atoms with Crippen LogP contribution < -0.4 is 5.32 Å². The standard InChI is InChI=1S/C13H14FNO/c1-2-3-4-5-13(16)15-10-11-6-8-12(14)9-7-11/h2-9H,10H2,1H3,(H,15,16)/b3-2+,5-4+. The van der Waals surface area contributed by atoms with Gasteiger partial charge in [-0.2, -0.15) is 0 Å². The van der Waals surface area contributed by atoms with Crippen molar-refractivity contribution >= 4 is 5.91 Å². The van der Waals surface area contributed by atoms with Crippen molar-refractivity contribution in [3.05, 3.63) is 60.0 Å². The van der Waals surface area contributed by atoms with E-state index in [4.69, 9.17) is 0 Å². The summed E-state index contributed by atoms with van der Waals surface area (Å²) in [7, 11) is 0. The average Bonchev–Trinajstić information content (AvgIpc) is 2.29. The minimum Gasteiger partial charge on any atom is -0.348 e. The van der Waals surface area contributed by atoms with Crippen LogP contribution in [0.5, 0.6) is 0 Å². The maximum Gasteiger partial charge on any atom is 0.244 e. The number of benzene rings is 1. The molecule has 3 heteroatoms. The highest BCUT2D eigenvalue weighted by molar-refractivity contribution is 5.87. The first-order valence-electron chi connectivity index (χ1n) is 5.04. The Bertz CT molecular complexity index is 393. The van der Waals surface area contributed by atoms with Crippen molar-refractivity contribution in [3.63, 3.8) is 0 Å². The van der Waals surface area contributed by atoms with E-state index in [1.165, 1.54) is 18.2 Å². The number of allylic oxidation sites excluding steroid dienone is 3. The first kappa shape index (κ1) is 12.2. The summed E-state index contributed by atoms with van der Waals surface area (Å²) in [6.45, 7) is 2.28. The molecule has 0 spiro atoms. The molecule has 0 aromatic heterocycles. The second-order valence-corrected chi connectivity index (χ2v) is 3.23. The lowest BCUT2D eigenvalue weighted by Gasteiger charge is -2.01. The van der Waals surface area contributed by atoms with Crippen molar-refractivity contribution in [1.29, 1.82) is 0 Å². The maximum absolute atomic E-state index is 12.6. The van der Waals surface area contributed by atoms with Crippen LogP contribution in [-0.4, -0.2) is 5.91 Å². The van der Waals surface area contributed by atoms with Gasteiger partial charge in [-0.15, -0.1) is 0 Å². The van der Waals surface area contributed by atoms with E-state index in [2.05, 4.69) is 5.32 Å². The molecule has 0 aliphatic rings. The number of hydrogen-bond acceptors (Lipinski definition) is 1. The molecular weight excluding hydrogens is 205 g/mol. The zero-order valence-electron chi connectivity index (χ0n) is 9.11. The van der Waals surface area contributed by atoms with Crippen molar-refractivity contribution in [3.8, 4) is 0 Å². The van der Waals surface area contributed by atoms with Gasteiger partial charge in [-0.1, -0.05) is 30.4 Å². The van der Waals surface area contributed by atoms with Crippen LogP contribution in [0.3, 0.4) is 0 Å². The molecule has 0 saturated heterocycles. The van der Waals surface area contributed by atoms with Crippen molar-refractivity contribution < 1.29 is 9.18 Å². The van der Waals surface area contributed by atoms with Crippen LogP contribution in [0.2, 0.25) is 0 Å². The number of halogens is 1. The van der Waals surface area contributed by atoms with Gasteiger partial charge in [0.25, 0.3) is 0 Å². The van der Waals surface area contributed by atoms with E-state index in [0.717, 1.165) is 5.56 Å². The van der Waals surface area contributed by atoms with Gasteiger partial charge in [0.2, 0.25) is 5.91 Å². The quantitative estimate of drug-likeness (QED) is 0.612. The van der Waals surface area contributed by atoms with Crippen molar-refractivity contribution in [1.82, 2.24) is 5.32 Å². The Kier molecular flexibility index (Phi) is 4.99. The smallest absolute Gasteiger partial charge is 0.244 e. The zero-order valence-corrected chi connectivity index (χ0v) is 9.11. The molecule has 0 saturated carbocycles. The summed E-state index contributed by atoms with van der Waals surface area (Å²) in [6, 6.07) is 6.03. The fraction of sp³-hybridized carbons (Fsp3) is 0.154. The molecule has 0 heterocycles. The van der Waals surface area contributed by atoms with Gasteiger partial charge in [0.05, 0.1) is 0 Å². The molecule has 0 aliphatic heterocycles. The summed E-state index contributed by atoms with van der Waals surface area (Å²) in [5, 5.41) is 2.70. The summed E-state index contributed by atoms with van der Waals surface area (Å²) in [5.74, 6) is -0.439. The number of carbonyl (C=O) groups excluding carboxylic acids is 1. The predicted octanol–water partition coefficient (Wildman–Crippen LogP) is 2.57. The van der Waals surface area contributed by atoms with E-state index in [1.807, 2.05) is 13.0 Å². The van der Waals surface area contributed by atoms with E-state index in [9.17, 15) is 9.18 Å². The first-order valence-corrected chi connectivity index (χ1v) is 5.04. The SMILES string of the molecule is C/C=C/C=C/C(=O)NCc1ccc(F)cc1. The normalized spacial score (nSPS) is 11.1. The second-order valence-electron chi connectivity index (χ2n) is 3.23. The Balaban J connectivity index is 2.40. The summed E-state index contributed by atoms with van der Waals surface area (Å²) in [5.41, 5.74) is 0.870. The fourth-order valence-electron chi connectivity index (χ4n) is 1.10. The van der Waals surface area contributed by atoms with E-state index in [0.29, 0.717) is 6.54 Å². The highest BCUT2D eigenvalue weighted by Crippen LogP contribution is 2.01. The minimum atomic E-state index is -0.275. The van der Waals surface area contributed by atoms with Crippen LogP contribution in [0, 0.1) is 5.82 Å². The highest BCUT2D eigenvalue weighted by Gasteiger charge is 1.96. The summed E-state index contributed by atoms with van der Waals surface area (Å²) in [4.78, 5) is 11.3. The molecule has 1 aromatic carbocycles. The molecule has 0 unspecified atom stereocenters. The van der Waals surface area contributed by atoms with Gasteiger partial charge in [-0.3, -0.25) is 4.79 Å². The van der Waals surface area contributed by atoms with Gasteiger partial charge in [0.1, 0.15) is 5.82 Å². The molecule has 0 aliphatic carbocycles. The van der Waals surface area contributed by atoms with Crippen LogP contribution >= 0.6 is 0 Å². The third-order valence-corrected chi connectivity index (χ3v) is 1.93. The Labute approximate surface area is 94.5 Å². The fourth-order valence-corrected chi connectivity index (χ4v) is 1.10. The number of hydrogen-bond donors (Lipinski definition) is 1. The van der Waals surface area contributed by atoms with Crippen LogP contribution in [0.4, 0.5) is 4.39 Å². The van der Waals surface area contributed by atoms with Gasteiger partial charge >= 0.3 is 0 Å². The number of rotatable bonds is 4. The number of nitrogens with one attached hydrogen (secondary N) is 1. The lowest BCUT2D eigenvalue weighted by atomic mass is 10.2. The lowest BCUT2D eigenvalue weighted by molar-refractivity contribution is -0.116. The molecule has 1 rings (SSSR count). The average molecular weight is 219 g/mol. The second kappa shape index (κ2) is 6.56. The predicted molar refractivity (Wildman–Crippen MR) is 62.2 cm³/mol. The summed E-state index contributed by atoms with van der Waals surface area (Å²) in [6.07, 6.45) is 6.73. The topological polar surface area (TPSA) is 29.1 Å². The van der Waals surface area contributed by atoms with Gasteiger partial charge in [-0.25, -0.2) is 4.39 Å². The van der Waals surface area contributed by atoms with E-state index < -0.39 is 0 Å². The Hall–Kier alpha value is -1.90. The minimum absolute atomic E-state index is 0.164. The third-order valence-electron chi connectivity index (χ3n) is 1.93. The summed E-state index contributed by atoms with van der Waals surface area (Å²) < 4.78 is 12.6. The lowest BCUT2D eigenvalue weighted by Crippen LogP contribution is -2.20. The molecule has 0 radical (unpaired) electrons. The largest absolute Gasteiger partial charge is 0.348 e. The first-order chi connectivity index (χ1) is 7.72. The van der Waals surface area contributed by atoms with Gasteiger partial charge in [-0.05, 0) is 24.6 Å². The summed E-state index contributed by atoms with van der Waals surface area (Å²) >= 11 is 0. The Morgan fingerprint density at radius 3 is 2.62 bits per heavy atom. The molecule has 16 heavy (non-hydrogen) atoms. The van der Waals surface area contributed by atoms with Crippen molar-refractivity contribution in [2.45, 2.75) is 13.5 Å². The van der Waals surface area contributed by atoms with Crippen LogP contribution in [0.25, 0.3) is 0 Å². The van der Waals surface area contributed by atoms with E-state index >= 15 is 0 Å². The van der Waals surface area contributed by atoms with Crippen LogP contribution in [0.15, 0.2) is 48.6 Å². The van der Waals surface area contributed by atoms with E-state index in [1.54, 1.807) is 24.3 Å². The maximum atomic E-state index is 12.6. The molecule has 0 fully saturated rings. The monoisotopic (exact) mass is 219 g/mol. The molecule has 0 atom stereocenters. The molecule has 1 aromatic rings. The number of amides is 1. The van der Waals surface area contributed by atoms with Gasteiger partial charge in [0.15, 0.2) is 0 Å². The van der Waals surface area contributed by atoms with E-state index in [-0.39, 0.29) is 11.7 Å². The highest BCUT2D eigenvalue weighted by atomic mass is 19.1. The zero-order chi connectivity index (χ0) is 11.8. The molecule has 2 nitrogen and oxygen atoms in total. The molecular formula is C13H14FNO. The van der Waals surface area contributed by atoms with Gasteiger partial charge < -0.3 is 5.32 Å². The van der Waals surface area contributed by atoms with Crippen LogP contribution in [0.1, 0.15) is 12.5 Å². The molecule has 1 amide bonds. The van der Waals surface area contributed by atoms with Gasteiger partial charge in [0, 0.05) is 12.6 Å². The Morgan fingerprint density at radius 2 is 2.00 bits per heavy atom. The molecule has 84 valence electrons. The molecule has 0 bridgehead atoms.